The molecular formula is C13H19N3O3. The Morgan fingerprint density at radius 1 is 1.42 bits per heavy atom. The van der Waals surface area contributed by atoms with Crippen molar-refractivity contribution in [3.05, 3.63) is 30.1 Å². The maximum absolute atomic E-state index is 11.5. The molecule has 0 bridgehead atoms. The fourth-order valence-corrected chi connectivity index (χ4v) is 1.61. The van der Waals surface area contributed by atoms with E-state index in [1.807, 2.05) is 25.1 Å². The Balaban J connectivity index is 2.29. The Kier molecular flexibility index (Phi) is 6.35. The van der Waals surface area contributed by atoms with E-state index in [2.05, 4.69) is 15.6 Å². The lowest BCUT2D eigenvalue weighted by atomic mass is 10.2. The second-order valence-electron chi connectivity index (χ2n) is 4.15. The fraction of sp³-hybridized carbons (Fsp3) is 0.462. The summed E-state index contributed by atoms with van der Waals surface area (Å²) in [5.74, 6) is -1.01. The topological polar surface area (TPSA) is 91.3 Å². The summed E-state index contributed by atoms with van der Waals surface area (Å²) in [4.78, 5) is 26.5. The van der Waals surface area contributed by atoms with Gasteiger partial charge in [0.25, 0.3) is 0 Å². The van der Waals surface area contributed by atoms with Crippen LogP contribution in [0.25, 0.3) is 0 Å². The van der Waals surface area contributed by atoms with E-state index >= 15 is 0 Å². The molecule has 1 heterocycles. The van der Waals surface area contributed by atoms with Crippen LogP contribution >= 0.6 is 0 Å². The highest BCUT2D eigenvalue weighted by Gasteiger charge is 2.18. The number of hydrogen-bond donors (Lipinski definition) is 3. The number of carboxylic acids is 1. The number of aliphatic carboxylic acids is 1. The summed E-state index contributed by atoms with van der Waals surface area (Å²) in [5, 5.41) is 14.0. The van der Waals surface area contributed by atoms with Gasteiger partial charge in [0.2, 0.25) is 0 Å². The second kappa shape index (κ2) is 8.07. The van der Waals surface area contributed by atoms with Gasteiger partial charge in [-0.1, -0.05) is 19.4 Å². The number of carboxylic acid groups (broad SMARTS) is 1. The molecule has 1 atom stereocenters. The first-order valence-corrected chi connectivity index (χ1v) is 6.30. The molecule has 3 N–H and O–H groups in total. The zero-order valence-corrected chi connectivity index (χ0v) is 10.9. The fourth-order valence-electron chi connectivity index (χ4n) is 1.61. The molecule has 1 aromatic rings. The van der Waals surface area contributed by atoms with Crippen LogP contribution in [0.15, 0.2) is 24.4 Å². The largest absolute Gasteiger partial charge is 0.480 e. The molecule has 0 aliphatic rings. The van der Waals surface area contributed by atoms with E-state index in [9.17, 15) is 9.59 Å². The van der Waals surface area contributed by atoms with Crippen LogP contribution in [-0.2, 0) is 11.2 Å². The summed E-state index contributed by atoms with van der Waals surface area (Å²) in [5.41, 5.74) is 0.881. The SMILES string of the molecule is CCC[C@H](NC(=O)NCCc1ccccn1)C(=O)O. The van der Waals surface area contributed by atoms with Crippen molar-refractivity contribution in [2.45, 2.75) is 32.2 Å². The highest BCUT2D eigenvalue weighted by molar-refractivity contribution is 5.82. The lowest BCUT2D eigenvalue weighted by molar-refractivity contribution is -0.139. The molecule has 1 aromatic heterocycles. The molecule has 6 heteroatoms. The van der Waals surface area contributed by atoms with Gasteiger partial charge in [-0.15, -0.1) is 0 Å². The van der Waals surface area contributed by atoms with Crippen molar-refractivity contribution in [3.63, 3.8) is 0 Å². The number of nitrogens with one attached hydrogen (secondary N) is 2. The van der Waals surface area contributed by atoms with E-state index < -0.39 is 18.0 Å². The quantitative estimate of drug-likeness (QED) is 0.690. The summed E-state index contributed by atoms with van der Waals surface area (Å²) in [6.45, 7) is 2.29. The van der Waals surface area contributed by atoms with Gasteiger partial charge in [-0.2, -0.15) is 0 Å². The summed E-state index contributed by atoms with van der Waals surface area (Å²) in [7, 11) is 0. The van der Waals surface area contributed by atoms with Gasteiger partial charge >= 0.3 is 12.0 Å². The molecule has 0 saturated heterocycles. The average molecular weight is 265 g/mol. The van der Waals surface area contributed by atoms with Crippen LogP contribution in [0.2, 0.25) is 0 Å². The number of rotatable bonds is 7. The van der Waals surface area contributed by atoms with E-state index in [0.717, 1.165) is 5.69 Å². The predicted molar refractivity (Wildman–Crippen MR) is 70.8 cm³/mol. The van der Waals surface area contributed by atoms with Gasteiger partial charge in [0, 0.05) is 24.9 Å². The van der Waals surface area contributed by atoms with Crippen LogP contribution < -0.4 is 10.6 Å². The summed E-state index contributed by atoms with van der Waals surface area (Å²) >= 11 is 0. The first kappa shape index (κ1) is 14.9. The monoisotopic (exact) mass is 265 g/mol. The van der Waals surface area contributed by atoms with Gasteiger partial charge in [0.1, 0.15) is 6.04 Å². The number of aromatic nitrogens is 1. The molecule has 0 spiro atoms. The number of hydrogen-bond acceptors (Lipinski definition) is 3. The second-order valence-corrected chi connectivity index (χ2v) is 4.15. The number of carbonyl (C=O) groups is 2. The molecule has 104 valence electrons. The van der Waals surface area contributed by atoms with Crippen LogP contribution in [0, 0.1) is 0 Å². The van der Waals surface area contributed by atoms with E-state index in [-0.39, 0.29) is 0 Å². The van der Waals surface area contributed by atoms with Gasteiger partial charge in [-0.25, -0.2) is 9.59 Å². The molecule has 6 nitrogen and oxygen atoms in total. The highest BCUT2D eigenvalue weighted by Crippen LogP contribution is 1.97. The number of carbonyl (C=O) groups excluding carboxylic acids is 1. The lowest BCUT2D eigenvalue weighted by Gasteiger charge is -2.14. The van der Waals surface area contributed by atoms with E-state index in [1.165, 1.54) is 0 Å². The molecule has 0 fully saturated rings. The van der Waals surface area contributed by atoms with Crippen molar-refractivity contribution >= 4 is 12.0 Å². The summed E-state index contributed by atoms with van der Waals surface area (Å²) < 4.78 is 0. The standard InChI is InChI=1S/C13H19N3O3/c1-2-5-11(12(17)18)16-13(19)15-9-7-10-6-3-4-8-14-10/h3-4,6,8,11H,2,5,7,9H2,1H3,(H,17,18)(H2,15,16,19)/t11-/m0/s1. The van der Waals surface area contributed by atoms with E-state index in [1.54, 1.807) is 6.20 Å². The third-order valence-electron chi connectivity index (χ3n) is 2.57. The zero-order valence-electron chi connectivity index (χ0n) is 10.9. The van der Waals surface area contributed by atoms with Crippen molar-refractivity contribution in [2.24, 2.45) is 0 Å². The number of amides is 2. The number of pyridine rings is 1. The van der Waals surface area contributed by atoms with Crippen LogP contribution in [0.4, 0.5) is 4.79 Å². The first-order valence-electron chi connectivity index (χ1n) is 6.30. The molecule has 19 heavy (non-hydrogen) atoms. The summed E-state index contributed by atoms with van der Waals surface area (Å²) in [6, 6.07) is 4.28. The molecule has 0 aliphatic carbocycles. The Hall–Kier alpha value is -2.11. The van der Waals surface area contributed by atoms with Crippen LogP contribution in [0.1, 0.15) is 25.5 Å². The Bertz CT molecular complexity index is 409. The van der Waals surface area contributed by atoms with Gasteiger partial charge in [-0.05, 0) is 18.6 Å². The third-order valence-corrected chi connectivity index (χ3v) is 2.57. The minimum absolute atomic E-state index is 0.418. The van der Waals surface area contributed by atoms with Crippen molar-refractivity contribution in [2.75, 3.05) is 6.54 Å². The number of urea groups is 1. The molecule has 0 aromatic carbocycles. The minimum atomic E-state index is -1.01. The van der Waals surface area contributed by atoms with Gasteiger partial charge < -0.3 is 15.7 Å². The van der Waals surface area contributed by atoms with Gasteiger partial charge in [0.05, 0.1) is 0 Å². The molecule has 0 aliphatic heterocycles. The highest BCUT2D eigenvalue weighted by atomic mass is 16.4. The molecule has 0 saturated carbocycles. The van der Waals surface area contributed by atoms with E-state index in [0.29, 0.717) is 25.8 Å². The summed E-state index contributed by atoms with van der Waals surface area (Å²) in [6.07, 6.45) is 3.42. The number of nitrogens with zero attached hydrogens (tertiary/aromatic N) is 1. The molecule has 1 rings (SSSR count). The molecular weight excluding hydrogens is 246 g/mol. The normalized spacial score (nSPS) is 11.6. The third kappa shape index (κ3) is 5.85. The maximum Gasteiger partial charge on any atom is 0.326 e. The average Bonchev–Trinajstić information content (AvgIpc) is 2.39. The molecule has 0 radical (unpaired) electrons. The van der Waals surface area contributed by atoms with Gasteiger partial charge in [-0.3, -0.25) is 4.98 Å². The molecule has 2 amide bonds. The zero-order chi connectivity index (χ0) is 14.1. The Morgan fingerprint density at radius 2 is 2.21 bits per heavy atom. The predicted octanol–water partition coefficient (Wildman–Crippen LogP) is 1.18. The van der Waals surface area contributed by atoms with Gasteiger partial charge in [0.15, 0.2) is 0 Å². The van der Waals surface area contributed by atoms with Crippen LogP contribution in [0.5, 0.6) is 0 Å². The molecule has 0 unspecified atom stereocenters. The lowest BCUT2D eigenvalue weighted by Crippen LogP contribution is -2.46. The van der Waals surface area contributed by atoms with Crippen molar-refractivity contribution in [1.29, 1.82) is 0 Å². The first-order chi connectivity index (χ1) is 9.13. The Morgan fingerprint density at radius 3 is 2.79 bits per heavy atom. The minimum Gasteiger partial charge on any atom is -0.480 e. The van der Waals surface area contributed by atoms with Crippen molar-refractivity contribution < 1.29 is 14.7 Å². The smallest absolute Gasteiger partial charge is 0.326 e. The van der Waals surface area contributed by atoms with Crippen LogP contribution in [-0.4, -0.2) is 34.7 Å². The maximum atomic E-state index is 11.5. The van der Waals surface area contributed by atoms with Crippen molar-refractivity contribution in [1.82, 2.24) is 15.6 Å². The van der Waals surface area contributed by atoms with Crippen molar-refractivity contribution in [3.8, 4) is 0 Å². The Labute approximate surface area is 112 Å². The van der Waals surface area contributed by atoms with Crippen LogP contribution in [0.3, 0.4) is 0 Å². The van der Waals surface area contributed by atoms with E-state index in [4.69, 9.17) is 5.11 Å².